The van der Waals surface area contributed by atoms with Crippen molar-refractivity contribution in [3.8, 4) is 11.6 Å². The highest BCUT2D eigenvalue weighted by atomic mass is 32.1. The van der Waals surface area contributed by atoms with E-state index in [0.717, 1.165) is 11.1 Å². The second-order valence-electron chi connectivity index (χ2n) is 7.50. The zero-order valence-corrected chi connectivity index (χ0v) is 19.9. The number of fused-ring (bicyclic) bond motifs is 1. The zero-order valence-electron chi connectivity index (χ0n) is 18.2. The Hall–Kier alpha value is -4.02. The molecule has 2 N–H and O–H groups in total. The molecular weight excluding hydrogens is 470 g/mol. The first-order valence-corrected chi connectivity index (χ1v) is 12.1. The normalized spacial score (nSPS) is 10.9. The van der Waals surface area contributed by atoms with Crippen LogP contribution in [0.3, 0.4) is 0 Å². The minimum Gasteiger partial charge on any atom is -0.438 e. The highest BCUT2D eigenvalue weighted by Crippen LogP contribution is 2.25. The minimum atomic E-state index is -0.205. The van der Waals surface area contributed by atoms with E-state index in [1.807, 2.05) is 36.7 Å². The van der Waals surface area contributed by atoms with Crippen molar-refractivity contribution < 1.29 is 14.3 Å². The van der Waals surface area contributed by atoms with Crippen LogP contribution in [0.4, 0.5) is 11.5 Å². The van der Waals surface area contributed by atoms with E-state index in [9.17, 15) is 9.59 Å². The summed E-state index contributed by atoms with van der Waals surface area (Å²) in [5.41, 5.74) is 3.05. The fourth-order valence-electron chi connectivity index (χ4n) is 3.31. The van der Waals surface area contributed by atoms with Gasteiger partial charge in [-0.1, -0.05) is 6.07 Å². The number of hydrogen-bond acceptors (Lipinski definition) is 7. The molecule has 0 aliphatic rings. The molecule has 8 nitrogen and oxygen atoms in total. The fraction of sp³-hybridized carbons (Fsp3) is 0.0833. The summed E-state index contributed by atoms with van der Waals surface area (Å²) in [4.78, 5) is 30.7. The average molecular weight is 490 g/mol. The predicted molar refractivity (Wildman–Crippen MR) is 134 cm³/mol. The maximum absolute atomic E-state index is 12.5. The number of carbonyl (C=O) groups excluding carboxylic acids is 2. The number of carbonyl (C=O) groups is 2. The molecule has 5 aromatic rings. The van der Waals surface area contributed by atoms with E-state index < -0.39 is 0 Å². The van der Waals surface area contributed by atoms with Crippen LogP contribution < -0.4 is 15.4 Å². The Morgan fingerprint density at radius 2 is 1.62 bits per heavy atom. The Morgan fingerprint density at radius 3 is 2.29 bits per heavy atom. The van der Waals surface area contributed by atoms with Crippen LogP contribution in [-0.4, -0.2) is 26.4 Å². The maximum Gasteiger partial charge on any atom is 0.267 e. The van der Waals surface area contributed by atoms with Gasteiger partial charge in [-0.15, -0.1) is 27.8 Å². The van der Waals surface area contributed by atoms with Crippen molar-refractivity contribution in [3.05, 3.63) is 86.4 Å². The smallest absolute Gasteiger partial charge is 0.267 e. The van der Waals surface area contributed by atoms with Gasteiger partial charge in [-0.05, 0) is 66.1 Å². The lowest BCUT2D eigenvalue weighted by atomic mass is 10.2. The highest BCUT2D eigenvalue weighted by molar-refractivity contribution is 7.12. The second-order valence-corrected chi connectivity index (χ2v) is 9.34. The Bertz CT molecular complexity index is 1520. The largest absolute Gasteiger partial charge is 0.438 e. The van der Waals surface area contributed by atoms with Gasteiger partial charge in [0.15, 0.2) is 11.5 Å². The number of rotatable bonds is 6. The summed E-state index contributed by atoms with van der Waals surface area (Å²) in [5, 5.41) is 13.9. The third-order valence-corrected chi connectivity index (χ3v) is 7.02. The molecule has 5 rings (SSSR count). The maximum atomic E-state index is 12.5. The molecule has 10 heteroatoms. The van der Waals surface area contributed by atoms with Gasteiger partial charge in [0.2, 0.25) is 5.88 Å². The number of anilines is 2. The lowest BCUT2D eigenvalue weighted by Crippen LogP contribution is -2.11. The van der Waals surface area contributed by atoms with E-state index in [1.165, 1.54) is 27.2 Å². The van der Waals surface area contributed by atoms with Gasteiger partial charge in [0, 0.05) is 17.8 Å². The number of amides is 2. The molecule has 0 atom stereocenters. The van der Waals surface area contributed by atoms with Crippen molar-refractivity contribution in [3.63, 3.8) is 0 Å². The van der Waals surface area contributed by atoms with Crippen LogP contribution in [0, 0.1) is 13.8 Å². The number of nitrogens with one attached hydrogen (secondary N) is 2. The molecule has 0 unspecified atom stereocenters. The average Bonchev–Trinajstić information content (AvgIpc) is 3.53. The van der Waals surface area contributed by atoms with Crippen molar-refractivity contribution in [2.75, 3.05) is 10.6 Å². The molecule has 0 saturated carbocycles. The molecule has 4 heterocycles. The van der Waals surface area contributed by atoms with Crippen LogP contribution in [0.2, 0.25) is 0 Å². The molecular formula is C24H19N5O3S2. The Kier molecular flexibility index (Phi) is 5.83. The quantitative estimate of drug-likeness (QED) is 0.316. The first-order valence-electron chi connectivity index (χ1n) is 10.3. The van der Waals surface area contributed by atoms with Crippen LogP contribution in [0.5, 0.6) is 11.6 Å². The molecule has 0 spiro atoms. The third-order valence-electron chi connectivity index (χ3n) is 4.99. The SMILES string of the molecule is Cc1ccsc1C(=O)Nc1cccc(Oc2ccc3nc(NC(=O)c4sccc4C)cn3n2)c1. The molecule has 2 amide bonds. The van der Waals surface area contributed by atoms with Gasteiger partial charge >= 0.3 is 0 Å². The Morgan fingerprint density at radius 1 is 0.912 bits per heavy atom. The van der Waals surface area contributed by atoms with Gasteiger partial charge in [-0.3, -0.25) is 9.59 Å². The predicted octanol–water partition coefficient (Wildman–Crippen LogP) is 5.77. The van der Waals surface area contributed by atoms with E-state index in [-0.39, 0.29) is 11.8 Å². The van der Waals surface area contributed by atoms with Crippen LogP contribution in [-0.2, 0) is 0 Å². The van der Waals surface area contributed by atoms with E-state index in [1.54, 1.807) is 42.6 Å². The number of aromatic nitrogens is 3. The molecule has 0 aliphatic heterocycles. The van der Waals surface area contributed by atoms with Crippen LogP contribution >= 0.6 is 22.7 Å². The third kappa shape index (κ3) is 4.54. The molecule has 0 bridgehead atoms. The summed E-state index contributed by atoms with van der Waals surface area (Å²) in [6.45, 7) is 3.80. The fourth-order valence-corrected chi connectivity index (χ4v) is 4.95. The van der Waals surface area contributed by atoms with E-state index >= 15 is 0 Å². The van der Waals surface area contributed by atoms with Crippen molar-refractivity contribution >= 4 is 51.6 Å². The van der Waals surface area contributed by atoms with E-state index in [2.05, 4.69) is 20.7 Å². The molecule has 34 heavy (non-hydrogen) atoms. The summed E-state index contributed by atoms with van der Waals surface area (Å²) in [5.74, 6) is 0.902. The Labute approximate surface area is 202 Å². The zero-order chi connectivity index (χ0) is 23.7. The summed E-state index contributed by atoms with van der Waals surface area (Å²) in [6.07, 6.45) is 1.63. The lowest BCUT2D eigenvalue weighted by Gasteiger charge is -2.08. The monoisotopic (exact) mass is 489 g/mol. The van der Waals surface area contributed by atoms with Crippen molar-refractivity contribution in [2.24, 2.45) is 0 Å². The van der Waals surface area contributed by atoms with Gasteiger partial charge < -0.3 is 15.4 Å². The first-order chi connectivity index (χ1) is 16.5. The van der Waals surface area contributed by atoms with Gasteiger partial charge in [0.05, 0.1) is 16.0 Å². The lowest BCUT2D eigenvalue weighted by molar-refractivity contribution is 0.102. The number of ether oxygens (including phenoxy) is 1. The van der Waals surface area contributed by atoms with E-state index in [0.29, 0.717) is 38.5 Å². The number of imidazole rings is 1. The first kappa shape index (κ1) is 21.8. The van der Waals surface area contributed by atoms with E-state index in [4.69, 9.17) is 4.74 Å². The van der Waals surface area contributed by atoms with Crippen LogP contribution in [0.1, 0.15) is 30.5 Å². The number of hydrogen-bond donors (Lipinski definition) is 2. The topological polar surface area (TPSA) is 97.6 Å². The number of aryl methyl sites for hydroxylation is 2. The van der Waals surface area contributed by atoms with Crippen molar-refractivity contribution in [1.82, 2.24) is 14.6 Å². The molecule has 170 valence electrons. The van der Waals surface area contributed by atoms with Gasteiger partial charge in [-0.2, -0.15) is 0 Å². The standard InChI is InChI=1S/C24H19N5O3S2/c1-14-8-10-33-21(14)23(30)25-16-4-3-5-17(12-16)32-20-7-6-19-26-18(13-29(19)28-20)27-24(31)22-15(2)9-11-34-22/h3-13H,1-2H3,(H,25,30)(H,27,31). The summed E-state index contributed by atoms with van der Waals surface area (Å²) >= 11 is 2.79. The second kappa shape index (κ2) is 9.08. The summed E-state index contributed by atoms with van der Waals surface area (Å²) in [7, 11) is 0. The number of thiophene rings is 2. The van der Waals surface area contributed by atoms with Gasteiger partial charge in [0.25, 0.3) is 11.8 Å². The van der Waals surface area contributed by atoms with Crippen LogP contribution in [0.15, 0.2) is 65.5 Å². The van der Waals surface area contributed by atoms with Crippen molar-refractivity contribution in [2.45, 2.75) is 13.8 Å². The van der Waals surface area contributed by atoms with Crippen molar-refractivity contribution in [1.29, 1.82) is 0 Å². The molecule has 4 aromatic heterocycles. The Balaban J connectivity index is 1.30. The molecule has 1 aromatic carbocycles. The number of nitrogens with zero attached hydrogens (tertiary/aromatic N) is 3. The molecule has 0 radical (unpaired) electrons. The van der Waals surface area contributed by atoms with Crippen LogP contribution in [0.25, 0.3) is 5.65 Å². The molecule has 0 aliphatic carbocycles. The number of benzene rings is 1. The minimum absolute atomic E-state index is 0.157. The molecule has 0 fully saturated rings. The summed E-state index contributed by atoms with van der Waals surface area (Å²) in [6, 6.07) is 14.4. The molecule has 0 saturated heterocycles. The highest BCUT2D eigenvalue weighted by Gasteiger charge is 2.14. The van der Waals surface area contributed by atoms with Gasteiger partial charge in [-0.25, -0.2) is 9.50 Å². The summed E-state index contributed by atoms with van der Waals surface area (Å²) < 4.78 is 7.43. The van der Waals surface area contributed by atoms with Gasteiger partial charge in [0.1, 0.15) is 5.75 Å².